The molecule has 1 aliphatic carbocycles. The minimum Gasteiger partial charge on any atom is -0.368 e. The van der Waals surface area contributed by atoms with E-state index in [1.165, 1.54) is 37.6 Å². The summed E-state index contributed by atoms with van der Waals surface area (Å²) >= 11 is 0. The lowest BCUT2D eigenvalue weighted by molar-refractivity contribution is 0.359. The lowest BCUT2D eigenvalue weighted by Crippen LogP contribution is -2.43. The number of nitrogens with zero attached hydrogens (tertiary/aromatic N) is 5. The Bertz CT molecular complexity index is 1310. The maximum atomic E-state index is 9.94. The van der Waals surface area contributed by atoms with Crippen LogP contribution in [0.2, 0.25) is 0 Å². The molecule has 7 nitrogen and oxygen atoms in total. The first-order valence-corrected chi connectivity index (χ1v) is 11.7. The summed E-state index contributed by atoms with van der Waals surface area (Å²) < 4.78 is 2.37. The highest BCUT2D eigenvalue weighted by Gasteiger charge is 2.22. The number of imidazole rings is 2. The highest BCUT2D eigenvalue weighted by molar-refractivity contribution is 6.00. The first kappa shape index (κ1) is 19.3. The molecule has 1 aliphatic heterocycles. The maximum Gasteiger partial charge on any atom is 0.104 e. The summed E-state index contributed by atoms with van der Waals surface area (Å²) in [6.07, 6.45) is 10.1. The Morgan fingerprint density at radius 3 is 2.69 bits per heavy atom. The molecule has 2 aliphatic rings. The number of benzene rings is 2. The predicted octanol–water partition coefficient (Wildman–Crippen LogP) is 4.37. The number of aromatic nitrogens is 4. The van der Waals surface area contributed by atoms with Gasteiger partial charge in [0.1, 0.15) is 11.6 Å². The number of fused-ring (bicyclic) bond motifs is 2. The third-order valence-electron chi connectivity index (χ3n) is 7.11. The first-order valence-electron chi connectivity index (χ1n) is 11.7. The van der Waals surface area contributed by atoms with Gasteiger partial charge in [-0.1, -0.05) is 25.3 Å². The Morgan fingerprint density at radius 1 is 1.03 bits per heavy atom. The second-order valence-electron chi connectivity index (χ2n) is 8.94. The van der Waals surface area contributed by atoms with Crippen LogP contribution in [0.15, 0.2) is 36.9 Å². The molecular weight excluding hydrogens is 398 g/mol. The van der Waals surface area contributed by atoms with Gasteiger partial charge in [0.05, 0.1) is 40.4 Å². The Balaban J connectivity index is 1.47. The van der Waals surface area contributed by atoms with Gasteiger partial charge in [-0.05, 0) is 36.6 Å². The van der Waals surface area contributed by atoms with Gasteiger partial charge in [0.2, 0.25) is 0 Å². The summed E-state index contributed by atoms with van der Waals surface area (Å²) in [4.78, 5) is 14.9. The first-order chi connectivity index (χ1) is 15.8. The van der Waals surface area contributed by atoms with Crippen LogP contribution in [0.3, 0.4) is 0 Å². The van der Waals surface area contributed by atoms with E-state index >= 15 is 0 Å². The van der Waals surface area contributed by atoms with Gasteiger partial charge in [0.15, 0.2) is 0 Å². The number of anilines is 1. The van der Waals surface area contributed by atoms with Crippen molar-refractivity contribution < 1.29 is 0 Å². The fourth-order valence-electron chi connectivity index (χ4n) is 5.43. The fourth-order valence-corrected chi connectivity index (χ4v) is 5.43. The van der Waals surface area contributed by atoms with E-state index < -0.39 is 0 Å². The predicted molar refractivity (Wildman–Crippen MR) is 127 cm³/mol. The van der Waals surface area contributed by atoms with Gasteiger partial charge in [0, 0.05) is 37.8 Å². The Hall–Kier alpha value is -3.37. The molecule has 7 heteroatoms. The molecule has 2 N–H and O–H groups in total. The molecule has 0 amide bonds. The molecule has 2 aromatic heterocycles. The van der Waals surface area contributed by atoms with Crippen molar-refractivity contribution >= 4 is 27.8 Å². The van der Waals surface area contributed by atoms with Crippen molar-refractivity contribution in [2.24, 2.45) is 0 Å². The fraction of sp³-hybridized carbons (Fsp3) is 0.400. The molecule has 162 valence electrons. The Labute approximate surface area is 187 Å². The average molecular weight is 426 g/mol. The van der Waals surface area contributed by atoms with Gasteiger partial charge >= 0.3 is 0 Å². The normalized spacial score (nSPS) is 17.8. The molecule has 2 aromatic carbocycles. The van der Waals surface area contributed by atoms with E-state index in [0.29, 0.717) is 11.6 Å². The monoisotopic (exact) mass is 425 g/mol. The van der Waals surface area contributed by atoms with Crippen molar-refractivity contribution in [2.75, 3.05) is 31.1 Å². The van der Waals surface area contributed by atoms with E-state index in [9.17, 15) is 5.26 Å². The summed E-state index contributed by atoms with van der Waals surface area (Å²) in [5, 5.41) is 13.3. The summed E-state index contributed by atoms with van der Waals surface area (Å²) in [6, 6.07) is 11.7. The molecule has 1 saturated carbocycles. The van der Waals surface area contributed by atoms with Crippen LogP contribution in [0, 0.1) is 11.3 Å². The molecular formula is C25H27N7. The number of rotatable bonds is 3. The van der Waals surface area contributed by atoms with Gasteiger partial charge < -0.3 is 19.8 Å². The number of piperazine rings is 1. The van der Waals surface area contributed by atoms with Crippen LogP contribution < -0.4 is 10.2 Å². The number of hydrogen-bond donors (Lipinski definition) is 2. The molecule has 3 heterocycles. The van der Waals surface area contributed by atoms with Gasteiger partial charge in [-0.25, -0.2) is 9.97 Å². The standard InChI is InChI=1S/C25H27N7/c26-14-20-23(31-10-8-27-9-11-31)13-19(24-25(20)29-15-28-24)17-6-7-22-21(12-17)30-16-32(22)18-4-2-1-3-5-18/h6-7,12-13,15-16,18,27H,1-5,8-11H2,(H,28,29). The lowest BCUT2D eigenvalue weighted by Gasteiger charge is -2.30. The van der Waals surface area contributed by atoms with E-state index in [1.54, 1.807) is 6.33 Å². The highest BCUT2D eigenvalue weighted by Crippen LogP contribution is 2.37. The van der Waals surface area contributed by atoms with Crippen molar-refractivity contribution in [3.8, 4) is 17.2 Å². The van der Waals surface area contributed by atoms with E-state index in [-0.39, 0.29) is 0 Å². The van der Waals surface area contributed by atoms with Gasteiger partial charge in [-0.2, -0.15) is 5.26 Å². The number of nitrogens with one attached hydrogen (secondary N) is 2. The van der Waals surface area contributed by atoms with Crippen LogP contribution in [0.1, 0.15) is 43.7 Å². The van der Waals surface area contributed by atoms with Crippen LogP contribution in [-0.2, 0) is 0 Å². The summed E-state index contributed by atoms with van der Waals surface area (Å²) in [5.74, 6) is 0. The van der Waals surface area contributed by atoms with Gasteiger partial charge in [-0.3, -0.25) is 0 Å². The van der Waals surface area contributed by atoms with Crippen LogP contribution >= 0.6 is 0 Å². The molecule has 0 atom stereocenters. The molecule has 32 heavy (non-hydrogen) atoms. The van der Waals surface area contributed by atoms with Crippen LogP contribution in [0.4, 0.5) is 5.69 Å². The SMILES string of the molecule is N#Cc1c(N2CCNCC2)cc(-c2ccc3c(c2)ncn3C2CCCCC2)c2nc[nH]c12. The van der Waals surface area contributed by atoms with Crippen LogP contribution in [0.5, 0.6) is 0 Å². The molecule has 0 radical (unpaired) electrons. The topological polar surface area (TPSA) is 85.6 Å². The molecule has 0 bridgehead atoms. The number of H-pyrrole nitrogens is 1. The van der Waals surface area contributed by atoms with Crippen molar-refractivity contribution in [3.05, 3.63) is 42.5 Å². The average Bonchev–Trinajstić information content (AvgIpc) is 3.51. The number of hydrogen-bond acceptors (Lipinski definition) is 5. The molecule has 4 aromatic rings. The minimum atomic E-state index is 0.562. The maximum absolute atomic E-state index is 9.94. The Morgan fingerprint density at radius 2 is 1.88 bits per heavy atom. The minimum absolute atomic E-state index is 0.562. The summed E-state index contributed by atoms with van der Waals surface area (Å²) in [5.41, 5.74) is 7.66. The third kappa shape index (κ3) is 3.14. The molecule has 0 spiro atoms. The van der Waals surface area contributed by atoms with Crippen molar-refractivity contribution in [2.45, 2.75) is 38.1 Å². The second-order valence-corrected chi connectivity index (χ2v) is 8.94. The van der Waals surface area contributed by atoms with Crippen LogP contribution in [-0.4, -0.2) is 45.7 Å². The van der Waals surface area contributed by atoms with E-state index in [4.69, 9.17) is 4.98 Å². The van der Waals surface area contributed by atoms with Gasteiger partial charge in [0.25, 0.3) is 0 Å². The summed E-state index contributed by atoms with van der Waals surface area (Å²) in [6.45, 7) is 3.62. The second kappa shape index (κ2) is 7.95. The quantitative estimate of drug-likeness (QED) is 0.509. The lowest BCUT2D eigenvalue weighted by atomic mass is 9.95. The zero-order valence-corrected chi connectivity index (χ0v) is 18.1. The molecule has 1 saturated heterocycles. The largest absolute Gasteiger partial charge is 0.368 e. The van der Waals surface area contributed by atoms with E-state index in [0.717, 1.165) is 59.5 Å². The van der Waals surface area contributed by atoms with E-state index in [1.807, 2.05) is 6.33 Å². The summed E-state index contributed by atoms with van der Waals surface area (Å²) in [7, 11) is 0. The molecule has 2 fully saturated rings. The van der Waals surface area contributed by atoms with Crippen molar-refractivity contribution in [1.82, 2.24) is 24.8 Å². The number of aromatic amines is 1. The highest BCUT2D eigenvalue weighted by atomic mass is 15.2. The van der Waals surface area contributed by atoms with Crippen molar-refractivity contribution in [1.29, 1.82) is 5.26 Å². The van der Waals surface area contributed by atoms with Gasteiger partial charge in [-0.15, -0.1) is 0 Å². The Kier molecular flexibility index (Phi) is 4.80. The number of nitriles is 1. The zero-order chi connectivity index (χ0) is 21.5. The van der Waals surface area contributed by atoms with Crippen molar-refractivity contribution in [3.63, 3.8) is 0 Å². The molecule has 6 rings (SSSR count). The smallest absolute Gasteiger partial charge is 0.104 e. The van der Waals surface area contributed by atoms with Crippen LogP contribution in [0.25, 0.3) is 33.2 Å². The zero-order valence-electron chi connectivity index (χ0n) is 18.1. The molecule has 0 unspecified atom stereocenters. The van der Waals surface area contributed by atoms with E-state index in [2.05, 4.69) is 55.1 Å². The third-order valence-corrected chi connectivity index (χ3v) is 7.11.